The van der Waals surface area contributed by atoms with Gasteiger partial charge in [0.1, 0.15) is 18.2 Å². The van der Waals surface area contributed by atoms with Crippen molar-refractivity contribution in [2.75, 3.05) is 13.2 Å². The van der Waals surface area contributed by atoms with Crippen LogP contribution in [0.4, 0.5) is 0 Å². The van der Waals surface area contributed by atoms with E-state index in [1.807, 2.05) is 36.7 Å². The summed E-state index contributed by atoms with van der Waals surface area (Å²) in [5.74, 6) is 2.30. The van der Waals surface area contributed by atoms with Crippen LogP contribution in [0.2, 0.25) is 0 Å². The maximum absolute atomic E-state index is 5.46. The van der Waals surface area contributed by atoms with E-state index in [1.165, 1.54) is 0 Å². The first-order valence-electron chi connectivity index (χ1n) is 6.19. The lowest BCUT2D eigenvalue weighted by Gasteiger charge is -2.11. The minimum Gasteiger partial charge on any atom is -0.492 e. The number of nitrogens with zero attached hydrogens (tertiary/aromatic N) is 2. The quantitative estimate of drug-likeness (QED) is 0.879. The summed E-state index contributed by atoms with van der Waals surface area (Å²) in [6.07, 6.45) is 3.80. The fourth-order valence-corrected chi connectivity index (χ4v) is 1.84. The normalized spacial score (nSPS) is 10.9. The van der Waals surface area contributed by atoms with Gasteiger partial charge in [-0.2, -0.15) is 0 Å². The molecule has 4 heteroatoms. The van der Waals surface area contributed by atoms with E-state index in [9.17, 15) is 0 Å². The fraction of sp³-hybridized carbons (Fsp3) is 0.357. The molecule has 1 aromatic heterocycles. The van der Waals surface area contributed by atoms with Gasteiger partial charge in [0.05, 0.1) is 0 Å². The standard InChI is InChI=1S/C14H19N3O/c1-11(2)14-16-8-9-17(14)12-3-5-13(6-4-12)18-10-7-15/h3-6,8-9,11H,7,10,15H2,1-2H3. The van der Waals surface area contributed by atoms with Crippen LogP contribution in [0.1, 0.15) is 25.6 Å². The highest BCUT2D eigenvalue weighted by Crippen LogP contribution is 2.20. The van der Waals surface area contributed by atoms with E-state index in [2.05, 4.69) is 23.4 Å². The maximum atomic E-state index is 5.46. The summed E-state index contributed by atoms with van der Waals surface area (Å²) in [5.41, 5.74) is 6.49. The molecule has 0 aliphatic carbocycles. The van der Waals surface area contributed by atoms with Crippen molar-refractivity contribution in [3.05, 3.63) is 42.5 Å². The lowest BCUT2D eigenvalue weighted by atomic mass is 10.2. The Morgan fingerprint density at radius 1 is 1.28 bits per heavy atom. The predicted molar refractivity (Wildman–Crippen MR) is 72.2 cm³/mol. The van der Waals surface area contributed by atoms with Crippen molar-refractivity contribution in [2.45, 2.75) is 19.8 Å². The van der Waals surface area contributed by atoms with Gasteiger partial charge in [0.25, 0.3) is 0 Å². The van der Waals surface area contributed by atoms with Gasteiger partial charge in [0, 0.05) is 30.5 Å². The number of ether oxygens (including phenoxy) is 1. The first-order valence-corrected chi connectivity index (χ1v) is 6.19. The number of hydrogen-bond donors (Lipinski definition) is 1. The van der Waals surface area contributed by atoms with Crippen LogP contribution in [0.25, 0.3) is 5.69 Å². The molecule has 1 heterocycles. The van der Waals surface area contributed by atoms with E-state index in [0.717, 1.165) is 17.3 Å². The summed E-state index contributed by atoms with van der Waals surface area (Å²) in [5, 5.41) is 0. The summed E-state index contributed by atoms with van der Waals surface area (Å²) in [6, 6.07) is 7.96. The number of rotatable bonds is 5. The second kappa shape index (κ2) is 5.69. The molecule has 0 saturated heterocycles. The van der Waals surface area contributed by atoms with E-state index in [1.54, 1.807) is 0 Å². The van der Waals surface area contributed by atoms with Gasteiger partial charge in [-0.3, -0.25) is 0 Å². The monoisotopic (exact) mass is 245 g/mol. The molecule has 0 atom stereocenters. The molecule has 1 aromatic carbocycles. The third-order valence-electron chi connectivity index (χ3n) is 2.69. The first-order chi connectivity index (χ1) is 8.72. The van der Waals surface area contributed by atoms with Crippen molar-refractivity contribution in [3.8, 4) is 11.4 Å². The van der Waals surface area contributed by atoms with Gasteiger partial charge in [-0.1, -0.05) is 13.8 Å². The van der Waals surface area contributed by atoms with E-state index in [0.29, 0.717) is 19.1 Å². The van der Waals surface area contributed by atoms with Crippen molar-refractivity contribution in [2.24, 2.45) is 5.73 Å². The van der Waals surface area contributed by atoms with Gasteiger partial charge >= 0.3 is 0 Å². The first kappa shape index (κ1) is 12.6. The fourth-order valence-electron chi connectivity index (χ4n) is 1.84. The maximum Gasteiger partial charge on any atom is 0.119 e. The molecule has 2 rings (SSSR count). The molecule has 0 bridgehead atoms. The van der Waals surface area contributed by atoms with Gasteiger partial charge in [-0.25, -0.2) is 4.98 Å². The van der Waals surface area contributed by atoms with Gasteiger partial charge in [0.2, 0.25) is 0 Å². The summed E-state index contributed by atoms with van der Waals surface area (Å²) >= 11 is 0. The van der Waals surface area contributed by atoms with Crippen LogP contribution in [-0.2, 0) is 0 Å². The molecular formula is C14H19N3O. The van der Waals surface area contributed by atoms with Crippen LogP contribution in [0.3, 0.4) is 0 Å². The summed E-state index contributed by atoms with van der Waals surface area (Å²) in [6.45, 7) is 5.34. The zero-order valence-electron chi connectivity index (χ0n) is 10.8. The molecule has 0 spiro atoms. The van der Waals surface area contributed by atoms with Crippen LogP contribution in [-0.4, -0.2) is 22.7 Å². The number of benzene rings is 1. The molecule has 0 aliphatic heterocycles. The van der Waals surface area contributed by atoms with Gasteiger partial charge in [0.15, 0.2) is 0 Å². The van der Waals surface area contributed by atoms with E-state index in [4.69, 9.17) is 10.5 Å². The van der Waals surface area contributed by atoms with Gasteiger partial charge in [-0.05, 0) is 24.3 Å². The minimum absolute atomic E-state index is 0.396. The van der Waals surface area contributed by atoms with Gasteiger partial charge in [-0.15, -0.1) is 0 Å². The molecule has 96 valence electrons. The Labute approximate surface area is 107 Å². The third-order valence-corrected chi connectivity index (χ3v) is 2.69. The molecule has 4 nitrogen and oxygen atoms in total. The Kier molecular flexibility index (Phi) is 3.99. The zero-order chi connectivity index (χ0) is 13.0. The Morgan fingerprint density at radius 3 is 2.61 bits per heavy atom. The van der Waals surface area contributed by atoms with Crippen molar-refractivity contribution < 1.29 is 4.74 Å². The van der Waals surface area contributed by atoms with Crippen LogP contribution in [0.15, 0.2) is 36.7 Å². The molecule has 0 radical (unpaired) electrons. The average Bonchev–Trinajstić information content (AvgIpc) is 2.86. The van der Waals surface area contributed by atoms with Crippen molar-refractivity contribution >= 4 is 0 Å². The lowest BCUT2D eigenvalue weighted by molar-refractivity contribution is 0.328. The highest BCUT2D eigenvalue weighted by atomic mass is 16.5. The molecular weight excluding hydrogens is 226 g/mol. The van der Waals surface area contributed by atoms with Crippen LogP contribution in [0.5, 0.6) is 5.75 Å². The minimum atomic E-state index is 0.396. The second-order valence-corrected chi connectivity index (χ2v) is 4.44. The largest absolute Gasteiger partial charge is 0.492 e. The van der Waals surface area contributed by atoms with E-state index < -0.39 is 0 Å². The van der Waals surface area contributed by atoms with Gasteiger partial charge < -0.3 is 15.0 Å². The predicted octanol–water partition coefficient (Wildman–Crippen LogP) is 2.33. The highest BCUT2D eigenvalue weighted by molar-refractivity contribution is 5.38. The Hall–Kier alpha value is -1.81. The number of imidazole rings is 1. The number of hydrogen-bond acceptors (Lipinski definition) is 3. The van der Waals surface area contributed by atoms with Crippen molar-refractivity contribution in [1.29, 1.82) is 0 Å². The second-order valence-electron chi connectivity index (χ2n) is 4.44. The molecule has 0 amide bonds. The van der Waals surface area contributed by atoms with E-state index >= 15 is 0 Å². The summed E-state index contributed by atoms with van der Waals surface area (Å²) in [4.78, 5) is 4.38. The van der Waals surface area contributed by atoms with Crippen molar-refractivity contribution in [1.82, 2.24) is 9.55 Å². The Bertz CT molecular complexity index is 488. The molecule has 0 fully saturated rings. The lowest BCUT2D eigenvalue weighted by Crippen LogP contribution is -2.10. The third kappa shape index (κ3) is 2.71. The molecule has 2 N–H and O–H groups in total. The molecule has 2 aromatic rings. The molecule has 0 unspecified atom stereocenters. The van der Waals surface area contributed by atoms with Crippen LogP contribution < -0.4 is 10.5 Å². The number of aromatic nitrogens is 2. The van der Waals surface area contributed by atoms with Crippen LogP contribution >= 0.6 is 0 Å². The van der Waals surface area contributed by atoms with E-state index in [-0.39, 0.29) is 0 Å². The molecule has 18 heavy (non-hydrogen) atoms. The van der Waals surface area contributed by atoms with Crippen molar-refractivity contribution in [3.63, 3.8) is 0 Å². The van der Waals surface area contributed by atoms with Crippen LogP contribution in [0, 0.1) is 0 Å². The average molecular weight is 245 g/mol. The topological polar surface area (TPSA) is 53.1 Å². The SMILES string of the molecule is CC(C)c1nccn1-c1ccc(OCCN)cc1. The highest BCUT2D eigenvalue weighted by Gasteiger charge is 2.08. The Morgan fingerprint density at radius 2 is 2.00 bits per heavy atom. The Balaban J connectivity index is 2.21. The summed E-state index contributed by atoms with van der Waals surface area (Å²) < 4.78 is 7.55. The summed E-state index contributed by atoms with van der Waals surface area (Å²) in [7, 11) is 0. The number of nitrogens with two attached hydrogens (primary N) is 1. The zero-order valence-corrected chi connectivity index (χ0v) is 10.8. The molecule has 0 aliphatic rings. The molecule has 0 saturated carbocycles. The smallest absolute Gasteiger partial charge is 0.119 e.